The SMILES string of the molecule is CCCON1C(C)(CC)CC(O)C(C)C1(C)CC. The Morgan fingerprint density at radius 1 is 1.22 bits per heavy atom. The summed E-state index contributed by atoms with van der Waals surface area (Å²) in [7, 11) is 0. The van der Waals surface area contributed by atoms with E-state index in [2.05, 4.69) is 46.6 Å². The van der Waals surface area contributed by atoms with Crippen LogP contribution in [0.4, 0.5) is 0 Å². The molecule has 0 bridgehead atoms. The number of piperidine rings is 1. The lowest BCUT2D eigenvalue weighted by atomic mass is 9.69. The molecule has 0 radical (unpaired) electrons. The molecule has 0 aromatic heterocycles. The summed E-state index contributed by atoms with van der Waals surface area (Å²) in [5.41, 5.74) is -0.149. The van der Waals surface area contributed by atoms with Crippen LogP contribution in [0.5, 0.6) is 0 Å². The maximum Gasteiger partial charge on any atom is 0.0683 e. The highest BCUT2D eigenvalue weighted by molar-refractivity contribution is 5.03. The van der Waals surface area contributed by atoms with Gasteiger partial charge in [0, 0.05) is 17.0 Å². The summed E-state index contributed by atoms with van der Waals surface area (Å²) in [6, 6.07) is 0. The normalized spacial score (nSPS) is 42.2. The van der Waals surface area contributed by atoms with Gasteiger partial charge < -0.3 is 5.11 Å². The van der Waals surface area contributed by atoms with E-state index in [1.165, 1.54) is 0 Å². The maximum absolute atomic E-state index is 10.4. The number of hydrogen-bond donors (Lipinski definition) is 1. The second-order valence-electron chi connectivity index (χ2n) is 6.25. The van der Waals surface area contributed by atoms with Gasteiger partial charge >= 0.3 is 0 Å². The average Bonchev–Trinajstić information content (AvgIpc) is 2.36. The topological polar surface area (TPSA) is 32.7 Å². The summed E-state index contributed by atoms with van der Waals surface area (Å²) in [5, 5.41) is 12.6. The molecule has 0 saturated carbocycles. The summed E-state index contributed by atoms with van der Waals surface area (Å²) in [5.74, 6) is 0.235. The Morgan fingerprint density at radius 3 is 2.28 bits per heavy atom. The molecule has 1 rings (SSSR count). The minimum atomic E-state index is -0.235. The van der Waals surface area contributed by atoms with Crippen LogP contribution in [0, 0.1) is 5.92 Å². The monoisotopic (exact) mass is 257 g/mol. The fourth-order valence-corrected chi connectivity index (χ4v) is 3.17. The molecule has 1 N–H and O–H groups in total. The predicted molar refractivity (Wildman–Crippen MR) is 75.3 cm³/mol. The molecule has 0 aromatic carbocycles. The molecule has 1 heterocycles. The summed E-state index contributed by atoms with van der Waals surface area (Å²) in [6.45, 7) is 13.8. The van der Waals surface area contributed by atoms with Gasteiger partial charge in [-0.3, -0.25) is 4.84 Å². The van der Waals surface area contributed by atoms with Crippen molar-refractivity contribution < 1.29 is 9.94 Å². The van der Waals surface area contributed by atoms with E-state index in [9.17, 15) is 5.11 Å². The van der Waals surface area contributed by atoms with Gasteiger partial charge in [-0.15, -0.1) is 0 Å². The van der Waals surface area contributed by atoms with Crippen LogP contribution in [0.15, 0.2) is 0 Å². The first-order valence-electron chi connectivity index (χ1n) is 7.47. The van der Waals surface area contributed by atoms with Crippen molar-refractivity contribution in [2.75, 3.05) is 6.61 Å². The number of aliphatic hydroxyl groups is 1. The Bertz CT molecular complexity index is 271. The van der Waals surface area contributed by atoms with E-state index in [4.69, 9.17) is 4.84 Å². The molecule has 18 heavy (non-hydrogen) atoms. The summed E-state index contributed by atoms with van der Waals surface area (Å²) in [4.78, 5) is 6.09. The fourth-order valence-electron chi connectivity index (χ4n) is 3.17. The third kappa shape index (κ3) is 2.59. The van der Waals surface area contributed by atoms with E-state index >= 15 is 0 Å². The van der Waals surface area contributed by atoms with Crippen LogP contribution in [-0.4, -0.2) is 34.0 Å². The molecule has 3 heteroatoms. The van der Waals surface area contributed by atoms with Crippen LogP contribution in [0.3, 0.4) is 0 Å². The highest BCUT2D eigenvalue weighted by atomic mass is 16.7. The first-order valence-corrected chi connectivity index (χ1v) is 7.47. The van der Waals surface area contributed by atoms with E-state index in [0.29, 0.717) is 0 Å². The van der Waals surface area contributed by atoms with Crippen LogP contribution in [0.25, 0.3) is 0 Å². The molecule has 1 aliphatic rings. The second kappa shape index (κ2) is 5.89. The zero-order valence-corrected chi connectivity index (χ0v) is 13.0. The summed E-state index contributed by atoms with van der Waals surface area (Å²) < 4.78 is 0. The lowest BCUT2D eigenvalue weighted by Gasteiger charge is -2.58. The number of aliphatic hydroxyl groups excluding tert-OH is 1. The molecule has 1 aliphatic heterocycles. The Morgan fingerprint density at radius 2 is 1.83 bits per heavy atom. The molecule has 0 aromatic rings. The summed E-state index contributed by atoms with van der Waals surface area (Å²) in [6.07, 6.45) is 3.57. The molecular weight excluding hydrogens is 226 g/mol. The van der Waals surface area contributed by atoms with Gasteiger partial charge in [0.15, 0.2) is 0 Å². The number of nitrogens with zero attached hydrogens (tertiary/aromatic N) is 1. The third-order valence-corrected chi connectivity index (χ3v) is 5.06. The van der Waals surface area contributed by atoms with Crippen molar-refractivity contribution in [3.63, 3.8) is 0 Å². The van der Waals surface area contributed by atoms with Crippen molar-refractivity contribution in [1.29, 1.82) is 0 Å². The molecule has 0 aliphatic carbocycles. The average molecular weight is 257 g/mol. The highest BCUT2D eigenvalue weighted by Crippen LogP contribution is 2.45. The first-order chi connectivity index (χ1) is 8.35. The van der Waals surface area contributed by atoms with Crippen molar-refractivity contribution >= 4 is 0 Å². The van der Waals surface area contributed by atoms with Crippen LogP contribution in [0.1, 0.15) is 67.2 Å². The highest BCUT2D eigenvalue weighted by Gasteiger charge is 2.53. The van der Waals surface area contributed by atoms with Gasteiger partial charge in [-0.2, -0.15) is 5.06 Å². The lowest BCUT2D eigenvalue weighted by molar-refractivity contribution is -0.317. The summed E-state index contributed by atoms with van der Waals surface area (Å²) >= 11 is 0. The lowest BCUT2D eigenvalue weighted by Crippen LogP contribution is -2.67. The van der Waals surface area contributed by atoms with E-state index < -0.39 is 0 Å². The molecule has 108 valence electrons. The minimum absolute atomic E-state index is 0.0636. The number of hydrogen-bond acceptors (Lipinski definition) is 3. The van der Waals surface area contributed by atoms with Gasteiger partial charge in [-0.25, -0.2) is 0 Å². The minimum Gasteiger partial charge on any atom is -0.393 e. The number of hydroxylamine groups is 2. The van der Waals surface area contributed by atoms with Crippen molar-refractivity contribution in [1.82, 2.24) is 5.06 Å². The molecule has 0 amide bonds. The van der Waals surface area contributed by atoms with Crippen LogP contribution in [0.2, 0.25) is 0 Å². The van der Waals surface area contributed by atoms with Crippen LogP contribution in [-0.2, 0) is 4.84 Å². The molecule has 1 fully saturated rings. The Kier molecular flexibility index (Phi) is 5.22. The zero-order chi connectivity index (χ0) is 14.0. The Balaban J connectivity index is 3.07. The van der Waals surface area contributed by atoms with Gasteiger partial charge in [0.1, 0.15) is 0 Å². The first kappa shape index (κ1) is 15.9. The van der Waals surface area contributed by atoms with Gasteiger partial charge in [-0.1, -0.05) is 27.7 Å². The molecule has 0 spiro atoms. The molecule has 4 unspecified atom stereocenters. The van der Waals surface area contributed by atoms with Gasteiger partial charge in [0.05, 0.1) is 12.7 Å². The third-order valence-electron chi connectivity index (χ3n) is 5.06. The predicted octanol–water partition coefficient (Wildman–Crippen LogP) is 3.37. The maximum atomic E-state index is 10.4. The van der Waals surface area contributed by atoms with Crippen molar-refractivity contribution in [2.24, 2.45) is 5.92 Å². The van der Waals surface area contributed by atoms with Crippen molar-refractivity contribution in [3.8, 4) is 0 Å². The molecular formula is C15H31NO2. The Labute approximate surface area is 112 Å². The van der Waals surface area contributed by atoms with Crippen molar-refractivity contribution in [2.45, 2.75) is 84.4 Å². The standard InChI is InChI=1S/C15H31NO2/c1-7-10-18-16-14(5,8-2)11-13(17)12(4)15(16,6)9-3/h12-13,17H,7-11H2,1-6H3. The van der Waals surface area contributed by atoms with E-state index in [-0.39, 0.29) is 23.1 Å². The number of rotatable bonds is 5. The Hall–Kier alpha value is -0.120. The largest absolute Gasteiger partial charge is 0.393 e. The fraction of sp³-hybridized carbons (Fsp3) is 1.00. The van der Waals surface area contributed by atoms with Crippen molar-refractivity contribution in [3.05, 3.63) is 0 Å². The van der Waals surface area contributed by atoms with E-state index in [1.807, 2.05) is 0 Å². The molecule has 4 atom stereocenters. The second-order valence-corrected chi connectivity index (χ2v) is 6.25. The van der Waals surface area contributed by atoms with E-state index in [0.717, 1.165) is 32.3 Å². The molecule has 3 nitrogen and oxygen atoms in total. The zero-order valence-electron chi connectivity index (χ0n) is 13.0. The van der Waals surface area contributed by atoms with E-state index in [1.54, 1.807) is 0 Å². The van der Waals surface area contributed by atoms with Crippen LogP contribution >= 0.6 is 0 Å². The van der Waals surface area contributed by atoms with Gasteiger partial charge in [0.2, 0.25) is 0 Å². The smallest absolute Gasteiger partial charge is 0.0683 e. The van der Waals surface area contributed by atoms with Gasteiger partial charge in [0.25, 0.3) is 0 Å². The molecule has 1 saturated heterocycles. The van der Waals surface area contributed by atoms with Crippen LogP contribution < -0.4 is 0 Å². The quantitative estimate of drug-likeness (QED) is 0.819. The van der Waals surface area contributed by atoms with Gasteiger partial charge in [-0.05, 0) is 39.5 Å².